The second-order valence-corrected chi connectivity index (χ2v) is 7.56. The van der Waals surface area contributed by atoms with E-state index in [4.69, 9.17) is 0 Å². The summed E-state index contributed by atoms with van der Waals surface area (Å²) in [5.41, 5.74) is -0.802. The van der Waals surface area contributed by atoms with Gasteiger partial charge in [0.15, 0.2) is 0 Å². The van der Waals surface area contributed by atoms with Gasteiger partial charge in [-0.25, -0.2) is 0 Å². The molecule has 0 spiro atoms. The number of thioether (sulfide) groups is 1. The van der Waals surface area contributed by atoms with Gasteiger partial charge in [0.25, 0.3) is 0 Å². The first kappa shape index (κ1) is 14.8. The Labute approximate surface area is 109 Å². The van der Waals surface area contributed by atoms with Gasteiger partial charge >= 0.3 is 0 Å². The average molecular weight is 259 g/mol. The van der Waals surface area contributed by atoms with Gasteiger partial charge in [0.1, 0.15) is 0 Å². The van der Waals surface area contributed by atoms with Crippen LogP contribution >= 0.6 is 11.8 Å². The molecule has 2 atom stereocenters. The Balaban J connectivity index is 2.42. The molecule has 1 aliphatic rings. The molecule has 1 amide bonds. The van der Waals surface area contributed by atoms with Crippen LogP contribution in [0, 0.1) is 5.92 Å². The molecule has 4 heteroatoms. The summed E-state index contributed by atoms with van der Waals surface area (Å²) < 4.78 is -0.284. The number of hydrogen-bond donors (Lipinski definition) is 2. The lowest BCUT2D eigenvalue weighted by molar-refractivity contribution is -0.124. The maximum atomic E-state index is 12.1. The zero-order valence-electron chi connectivity index (χ0n) is 11.4. The summed E-state index contributed by atoms with van der Waals surface area (Å²) in [5.74, 6) is 1.56. The second kappa shape index (κ2) is 5.61. The smallest absolute Gasteiger partial charge is 0.236 e. The number of amides is 1. The van der Waals surface area contributed by atoms with E-state index in [-0.39, 0.29) is 10.7 Å². The van der Waals surface area contributed by atoms with Crippen molar-refractivity contribution in [3.63, 3.8) is 0 Å². The summed E-state index contributed by atoms with van der Waals surface area (Å²) >= 11 is 1.72. The second-order valence-electron chi connectivity index (χ2n) is 5.96. The van der Waals surface area contributed by atoms with Crippen LogP contribution in [-0.4, -0.2) is 33.7 Å². The Bertz CT molecular complexity index is 271. The number of carbonyl (C=O) groups is 1. The third kappa shape index (κ3) is 4.51. The summed E-state index contributed by atoms with van der Waals surface area (Å²) in [5, 5.41) is 13.0. The van der Waals surface area contributed by atoms with E-state index in [0.717, 1.165) is 18.6 Å². The molecule has 0 saturated carbocycles. The van der Waals surface area contributed by atoms with E-state index in [1.165, 1.54) is 0 Å². The van der Waals surface area contributed by atoms with Crippen LogP contribution in [0.2, 0.25) is 0 Å². The van der Waals surface area contributed by atoms with Crippen LogP contribution in [0.1, 0.15) is 47.0 Å². The molecular weight excluding hydrogens is 234 g/mol. The zero-order valence-corrected chi connectivity index (χ0v) is 12.2. The summed E-state index contributed by atoms with van der Waals surface area (Å²) in [6.07, 6.45) is 2.75. The molecule has 2 unspecified atom stereocenters. The highest BCUT2D eigenvalue weighted by atomic mass is 32.2. The summed E-state index contributed by atoms with van der Waals surface area (Å²) in [7, 11) is 0. The summed E-state index contributed by atoms with van der Waals surface area (Å²) in [4.78, 5) is 12.1. The Morgan fingerprint density at radius 3 is 2.71 bits per heavy atom. The molecule has 0 aromatic carbocycles. The molecule has 100 valence electrons. The number of hydrogen-bond acceptors (Lipinski definition) is 3. The zero-order chi connectivity index (χ0) is 13.1. The van der Waals surface area contributed by atoms with E-state index in [2.05, 4.69) is 19.2 Å². The van der Waals surface area contributed by atoms with E-state index in [1.54, 1.807) is 18.7 Å². The number of nitrogens with one attached hydrogen (secondary N) is 1. The molecule has 0 aliphatic carbocycles. The van der Waals surface area contributed by atoms with Crippen molar-refractivity contribution in [3.05, 3.63) is 0 Å². The van der Waals surface area contributed by atoms with Crippen molar-refractivity contribution in [1.82, 2.24) is 5.32 Å². The molecule has 1 rings (SSSR count). The monoisotopic (exact) mass is 259 g/mol. The van der Waals surface area contributed by atoms with Gasteiger partial charge in [-0.1, -0.05) is 13.8 Å². The molecule has 1 heterocycles. The lowest BCUT2D eigenvalue weighted by Gasteiger charge is -2.28. The van der Waals surface area contributed by atoms with Crippen molar-refractivity contribution in [1.29, 1.82) is 0 Å². The lowest BCUT2D eigenvalue weighted by Crippen LogP contribution is -2.47. The fourth-order valence-corrected chi connectivity index (χ4v) is 3.60. The van der Waals surface area contributed by atoms with Crippen molar-refractivity contribution in [2.75, 3.05) is 12.3 Å². The minimum absolute atomic E-state index is 0.0732. The van der Waals surface area contributed by atoms with Gasteiger partial charge in [-0.2, -0.15) is 0 Å². The van der Waals surface area contributed by atoms with Crippen molar-refractivity contribution in [3.8, 4) is 0 Å². The third-order valence-electron chi connectivity index (χ3n) is 3.18. The standard InChI is InChI=1S/C13H25NO2S/c1-10(2)8-12(3,16)9-14-11(15)13(4)6-5-7-17-13/h10,16H,5-9H2,1-4H3,(H,14,15). The Hall–Kier alpha value is -0.220. The minimum Gasteiger partial charge on any atom is -0.388 e. The van der Waals surface area contributed by atoms with E-state index in [9.17, 15) is 9.90 Å². The predicted octanol–water partition coefficient (Wildman–Crippen LogP) is 2.19. The molecule has 0 radical (unpaired) electrons. The van der Waals surface area contributed by atoms with Gasteiger partial charge < -0.3 is 10.4 Å². The first-order valence-corrected chi connectivity index (χ1v) is 7.38. The van der Waals surface area contributed by atoms with Gasteiger partial charge in [0, 0.05) is 6.54 Å². The van der Waals surface area contributed by atoms with Crippen molar-refractivity contribution >= 4 is 17.7 Å². The highest BCUT2D eigenvalue weighted by molar-refractivity contribution is 8.01. The highest BCUT2D eigenvalue weighted by Crippen LogP contribution is 2.37. The van der Waals surface area contributed by atoms with Gasteiger partial charge in [0.2, 0.25) is 5.91 Å². The van der Waals surface area contributed by atoms with Gasteiger partial charge in [0.05, 0.1) is 10.3 Å². The summed E-state index contributed by atoms with van der Waals surface area (Å²) in [6, 6.07) is 0. The number of rotatable bonds is 5. The highest BCUT2D eigenvalue weighted by Gasteiger charge is 2.37. The molecule has 1 saturated heterocycles. The molecule has 1 aliphatic heterocycles. The quantitative estimate of drug-likeness (QED) is 0.795. The normalized spacial score (nSPS) is 28.1. The van der Waals surface area contributed by atoms with E-state index in [1.807, 2.05) is 6.92 Å². The fourth-order valence-electron chi connectivity index (χ4n) is 2.37. The fraction of sp³-hybridized carbons (Fsp3) is 0.923. The van der Waals surface area contributed by atoms with Gasteiger partial charge in [-0.15, -0.1) is 11.8 Å². The van der Waals surface area contributed by atoms with Crippen molar-refractivity contribution in [2.45, 2.75) is 57.3 Å². The van der Waals surface area contributed by atoms with Crippen molar-refractivity contribution in [2.24, 2.45) is 5.92 Å². The predicted molar refractivity (Wildman–Crippen MR) is 73.2 cm³/mol. The van der Waals surface area contributed by atoms with Crippen LogP contribution in [0.3, 0.4) is 0 Å². The maximum absolute atomic E-state index is 12.1. The van der Waals surface area contributed by atoms with Crippen LogP contribution in [0.15, 0.2) is 0 Å². The van der Waals surface area contributed by atoms with Crippen LogP contribution < -0.4 is 5.32 Å². The third-order valence-corrected chi connectivity index (χ3v) is 4.70. The van der Waals surface area contributed by atoms with E-state index >= 15 is 0 Å². The largest absolute Gasteiger partial charge is 0.388 e. The molecule has 2 N–H and O–H groups in total. The molecule has 0 aromatic rings. The Morgan fingerprint density at radius 2 is 2.24 bits per heavy atom. The molecule has 0 aromatic heterocycles. The Kier molecular flexibility index (Phi) is 4.90. The molecule has 1 fully saturated rings. The number of aliphatic hydroxyl groups is 1. The van der Waals surface area contributed by atoms with E-state index in [0.29, 0.717) is 18.9 Å². The SMILES string of the molecule is CC(C)CC(C)(O)CNC(=O)C1(C)CCCS1. The molecule has 0 bridgehead atoms. The van der Waals surface area contributed by atoms with Gasteiger partial charge in [-0.05, 0) is 44.8 Å². The van der Waals surface area contributed by atoms with Crippen LogP contribution in [0.4, 0.5) is 0 Å². The minimum atomic E-state index is -0.802. The summed E-state index contributed by atoms with van der Waals surface area (Å²) in [6.45, 7) is 8.28. The molecule has 3 nitrogen and oxygen atoms in total. The first-order chi connectivity index (χ1) is 7.75. The topological polar surface area (TPSA) is 49.3 Å². The van der Waals surface area contributed by atoms with E-state index < -0.39 is 5.60 Å². The van der Waals surface area contributed by atoms with Crippen LogP contribution in [0.25, 0.3) is 0 Å². The van der Waals surface area contributed by atoms with Crippen LogP contribution in [-0.2, 0) is 4.79 Å². The Morgan fingerprint density at radius 1 is 1.59 bits per heavy atom. The number of carbonyl (C=O) groups excluding carboxylic acids is 1. The van der Waals surface area contributed by atoms with Crippen molar-refractivity contribution < 1.29 is 9.90 Å². The molecule has 17 heavy (non-hydrogen) atoms. The molecular formula is C13H25NO2S. The first-order valence-electron chi connectivity index (χ1n) is 6.40. The van der Waals surface area contributed by atoms with Gasteiger partial charge in [-0.3, -0.25) is 4.79 Å². The average Bonchev–Trinajstić information content (AvgIpc) is 2.61. The van der Waals surface area contributed by atoms with Crippen LogP contribution in [0.5, 0.6) is 0 Å². The maximum Gasteiger partial charge on any atom is 0.236 e. The lowest BCUT2D eigenvalue weighted by atomic mass is 9.94.